The van der Waals surface area contributed by atoms with Crippen LogP contribution in [0.25, 0.3) is 111 Å². The van der Waals surface area contributed by atoms with Gasteiger partial charge in [-0.2, -0.15) is 0 Å². The Morgan fingerprint density at radius 1 is 0.284 bits per heavy atom. The molecule has 2 aliphatic rings. The summed E-state index contributed by atoms with van der Waals surface area (Å²) in [6.07, 6.45) is 0. The van der Waals surface area contributed by atoms with Crippen LogP contribution in [0.2, 0.25) is 0 Å². The number of rotatable bonds is 5. The van der Waals surface area contributed by atoms with Crippen LogP contribution >= 0.6 is 0 Å². The summed E-state index contributed by atoms with van der Waals surface area (Å²) in [6.45, 7) is 56.6. The van der Waals surface area contributed by atoms with Gasteiger partial charge in [-0.1, -0.05) is 263 Å². The molecule has 9 aromatic carbocycles. The van der Waals surface area contributed by atoms with Gasteiger partial charge in [0.1, 0.15) is 0 Å². The molecule has 0 fully saturated rings. The van der Waals surface area contributed by atoms with Gasteiger partial charge < -0.3 is 9.13 Å². The maximum absolute atomic E-state index is 5.98. The van der Waals surface area contributed by atoms with Gasteiger partial charge in [0.25, 0.3) is 6.71 Å². The molecule has 0 unspecified atom stereocenters. The van der Waals surface area contributed by atoms with Gasteiger partial charge in [0.15, 0.2) is 5.82 Å². The predicted octanol–water partition coefficient (Wildman–Crippen LogP) is 22.5. The van der Waals surface area contributed by atoms with Crippen LogP contribution in [0.5, 0.6) is 0 Å². The van der Waals surface area contributed by atoms with Crippen LogP contribution in [-0.2, 0) is 43.3 Å². The molecule has 0 spiro atoms. The molecular formula is C90H99BN4. The van der Waals surface area contributed by atoms with Crippen molar-refractivity contribution >= 4 is 66.7 Å². The first kappa shape index (κ1) is 64.1. The molecule has 5 heteroatoms. The van der Waals surface area contributed by atoms with Gasteiger partial charge in [-0.05, 0) is 193 Å². The molecule has 482 valence electrons. The van der Waals surface area contributed by atoms with Gasteiger partial charge in [-0.25, -0.2) is 9.97 Å². The molecule has 5 heterocycles. The van der Waals surface area contributed by atoms with Crippen molar-refractivity contribution in [3.05, 3.63) is 208 Å². The quantitative estimate of drug-likeness (QED) is 0.161. The highest BCUT2D eigenvalue weighted by Gasteiger charge is 2.44. The summed E-state index contributed by atoms with van der Waals surface area (Å²) in [5, 5.41) is 5.23. The van der Waals surface area contributed by atoms with Crippen LogP contribution in [0.4, 0.5) is 0 Å². The van der Waals surface area contributed by atoms with E-state index in [1.54, 1.807) is 0 Å². The zero-order valence-corrected chi connectivity index (χ0v) is 61.5. The Balaban J connectivity index is 1.22. The second-order valence-corrected chi connectivity index (χ2v) is 36.6. The van der Waals surface area contributed by atoms with E-state index in [4.69, 9.17) is 9.97 Å². The van der Waals surface area contributed by atoms with Crippen LogP contribution in [-0.4, -0.2) is 25.8 Å². The molecule has 4 nitrogen and oxygen atoms in total. The number of nitrogens with zero attached hydrogens (tertiary/aromatic N) is 4. The Hall–Kier alpha value is -8.28. The molecule has 3 aromatic heterocycles. The van der Waals surface area contributed by atoms with Crippen molar-refractivity contribution in [1.29, 1.82) is 0 Å². The smallest absolute Gasteiger partial charge is 0.252 e. The summed E-state index contributed by atoms with van der Waals surface area (Å²) in [5.74, 6) is 0.728. The minimum Gasteiger partial charge on any atom is -0.310 e. The third-order valence-corrected chi connectivity index (χ3v) is 21.0. The Morgan fingerprint density at radius 2 is 0.611 bits per heavy atom. The molecule has 2 aliphatic heterocycles. The molecule has 0 saturated carbocycles. The van der Waals surface area contributed by atoms with E-state index < -0.39 is 0 Å². The lowest BCUT2D eigenvalue weighted by Crippen LogP contribution is -2.59. The van der Waals surface area contributed by atoms with Crippen LogP contribution in [0.3, 0.4) is 0 Å². The van der Waals surface area contributed by atoms with Crippen molar-refractivity contribution in [2.24, 2.45) is 0 Å². The maximum Gasteiger partial charge on any atom is 0.252 e. The van der Waals surface area contributed by atoms with Gasteiger partial charge in [-0.3, -0.25) is 0 Å². The van der Waals surface area contributed by atoms with Crippen LogP contribution in [0, 0.1) is 0 Å². The summed E-state index contributed by atoms with van der Waals surface area (Å²) in [5.41, 5.74) is 30.7. The Kier molecular flexibility index (Phi) is 14.2. The van der Waals surface area contributed by atoms with E-state index in [-0.39, 0.29) is 50.0 Å². The highest BCUT2D eigenvalue weighted by molar-refractivity contribution is 7.00. The molecule has 0 amide bonds. The van der Waals surface area contributed by atoms with Crippen molar-refractivity contribution < 1.29 is 0 Å². The first-order valence-corrected chi connectivity index (χ1v) is 35.0. The summed E-state index contributed by atoms with van der Waals surface area (Å²) in [6, 6.07) is 64.5. The lowest BCUT2D eigenvalue weighted by atomic mass is 9.34. The fourth-order valence-corrected chi connectivity index (χ4v) is 15.2. The highest BCUT2D eigenvalue weighted by Crippen LogP contribution is 2.49. The van der Waals surface area contributed by atoms with Crippen molar-refractivity contribution in [3.8, 4) is 67.5 Å². The van der Waals surface area contributed by atoms with Gasteiger partial charge in [0.05, 0.1) is 22.4 Å². The number of aromatic nitrogens is 4. The number of benzene rings is 9. The second kappa shape index (κ2) is 21.1. The Bertz CT molecular complexity index is 4780. The zero-order chi connectivity index (χ0) is 68.1. The third kappa shape index (κ3) is 10.8. The van der Waals surface area contributed by atoms with E-state index in [2.05, 4.69) is 339 Å². The van der Waals surface area contributed by atoms with Crippen molar-refractivity contribution in [2.45, 2.75) is 209 Å². The van der Waals surface area contributed by atoms with Gasteiger partial charge in [0, 0.05) is 60.6 Å². The fourth-order valence-electron chi connectivity index (χ4n) is 15.2. The molecule has 0 radical (unpaired) electrons. The van der Waals surface area contributed by atoms with Crippen molar-refractivity contribution in [2.75, 3.05) is 0 Å². The van der Waals surface area contributed by atoms with Crippen molar-refractivity contribution in [1.82, 2.24) is 19.1 Å². The van der Waals surface area contributed by atoms with Crippen LogP contribution < -0.4 is 16.4 Å². The van der Waals surface area contributed by atoms with E-state index in [1.807, 2.05) is 0 Å². The van der Waals surface area contributed by atoms with E-state index >= 15 is 0 Å². The van der Waals surface area contributed by atoms with E-state index in [0.29, 0.717) is 0 Å². The molecule has 12 aromatic rings. The lowest BCUT2D eigenvalue weighted by molar-refractivity contribution is 0.568. The summed E-state index contributed by atoms with van der Waals surface area (Å²) in [4.78, 5) is 11.8. The summed E-state index contributed by atoms with van der Waals surface area (Å²) < 4.78 is 5.45. The minimum atomic E-state index is -0.191. The van der Waals surface area contributed by atoms with Crippen LogP contribution in [0.1, 0.15) is 211 Å². The maximum atomic E-state index is 5.98. The van der Waals surface area contributed by atoms with E-state index in [9.17, 15) is 0 Å². The standard InChI is InChI=1S/C90H99BN4/c1-83(2,3)59-35-56(36-60(45-59)84(4,5)6)71-51-72(93-82(92-71)58-37-61(85(7,8)9)46-62(38-58)86(10,11)12)57-43-75-79-76(44-57)95-74-50-64(88(16,17)18)48-68(90(22,23)24)78(74)66-40-55(53-33-29-26-30-34-53)42-70(81(66)95)91(79)69-41-54(52-31-27-25-28-32-52)39-65-77-67(89(19,20)21)47-63(87(13,14)15)49-73(77)94(75)80(65)69/h25-51H,1-24H3. The Morgan fingerprint density at radius 3 is 0.947 bits per heavy atom. The molecule has 95 heavy (non-hydrogen) atoms. The lowest BCUT2D eigenvalue weighted by Gasteiger charge is -2.35. The topological polar surface area (TPSA) is 35.6 Å². The highest BCUT2D eigenvalue weighted by atomic mass is 15.0. The largest absolute Gasteiger partial charge is 0.310 e. The average Bonchev–Trinajstić information content (AvgIpc) is 1.54. The molecule has 0 atom stereocenters. The summed E-state index contributed by atoms with van der Waals surface area (Å²) >= 11 is 0. The monoisotopic (exact) mass is 1250 g/mol. The van der Waals surface area contributed by atoms with Crippen LogP contribution in [0.15, 0.2) is 164 Å². The molecule has 14 rings (SSSR count). The second-order valence-electron chi connectivity index (χ2n) is 36.6. The number of fused-ring (bicyclic) bond motifs is 10. The van der Waals surface area contributed by atoms with Gasteiger partial charge in [0.2, 0.25) is 0 Å². The first-order chi connectivity index (χ1) is 44.1. The van der Waals surface area contributed by atoms with E-state index in [1.165, 1.54) is 138 Å². The molecule has 0 bridgehead atoms. The van der Waals surface area contributed by atoms with Gasteiger partial charge >= 0.3 is 0 Å². The SMILES string of the molecule is CC(C)(C)c1cc(-c2cc(-c3cc4c5c(c3)-n3c6cc(C(C)(C)C)cc(C(C)(C)C)c6c6cc(-c7ccccc7)cc(c63)B5c3cc(-c5ccccc5)cc5c6c(C(C)(C)C)cc(C(C)(C)C)cc6n-4c35)nc(-c3cc(C(C)(C)C)cc(C(C)(C)C)c3)n2)cc(C(C)(C)C)c1. The summed E-state index contributed by atoms with van der Waals surface area (Å²) in [7, 11) is 0. The zero-order valence-electron chi connectivity index (χ0n) is 61.5. The molecule has 0 saturated heterocycles. The normalized spacial score (nSPS) is 13.9. The predicted molar refractivity (Wildman–Crippen MR) is 412 cm³/mol. The minimum absolute atomic E-state index is 0.111. The fraction of sp³-hybridized carbons (Fsp3) is 0.356. The number of hydrogen-bond acceptors (Lipinski definition) is 2. The Labute approximate surface area is 567 Å². The van der Waals surface area contributed by atoms with E-state index in [0.717, 1.165) is 33.9 Å². The number of hydrogen-bond donors (Lipinski definition) is 0. The molecular weight excluding hydrogens is 1150 g/mol. The molecule has 0 aliphatic carbocycles. The average molecular weight is 1250 g/mol. The van der Waals surface area contributed by atoms with Crippen molar-refractivity contribution in [3.63, 3.8) is 0 Å². The van der Waals surface area contributed by atoms with Gasteiger partial charge in [-0.15, -0.1) is 0 Å². The molecule has 0 N–H and O–H groups in total. The first-order valence-electron chi connectivity index (χ1n) is 35.0. The third-order valence-electron chi connectivity index (χ3n) is 21.0.